The zero-order valence-electron chi connectivity index (χ0n) is 19.6. The molecule has 3 aromatic carbocycles. The topological polar surface area (TPSA) is 93.4 Å². The third-order valence-corrected chi connectivity index (χ3v) is 8.07. The number of aromatic nitrogens is 2. The van der Waals surface area contributed by atoms with Crippen LogP contribution in [0.25, 0.3) is 5.69 Å². The Bertz CT molecular complexity index is 1630. The minimum absolute atomic E-state index is 0.00385. The van der Waals surface area contributed by atoms with E-state index in [9.17, 15) is 18.0 Å². The maximum atomic E-state index is 13.5. The highest BCUT2D eigenvalue weighted by atomic mass is 35.5. The van der Waals surface area contributed by atoms with Gasteiger partial charge in [0.25, 0.3) is 21.5 Å². The largest absolute Gasteiger partial charge is 0.321 e. The van der Waals surface area contributed by atoms with Gasteiger partial charge in [0.2, 0.25) is 0 Å². The second kappa shape index (κ2) is 9.85. The highest BCUT2D eigenvalue weighted by molar-refractivity contribution is 7.92. The van der Waals surface area contributed by atoms with Crippen molar-refractivity contribution in [1.29, 1.82) is 0 Å². The quantitative estimate of drug-likeness (QED) is 0.374. The van der Waals surface area contributed by atoms with Crippen LogP contribution in [0.3, 0.4) is 0 Å². The molecule has 1 amide bonds. The van der Waals surface area contributed by atoms with Crippen molar-refractivity contribution in [3.63, 3.8) is 0 Å². The Labute approximate surface area is 218 Å². The van der Waals surface area contributed by atoms with E-state index in [4.69, 9.17) is 23.2 Å². The van der Waals surface area contributed by atoms with E-state index in [1.165, 1.54) is 42.1 Å². The van der Waals surface area contributed by atoms with Crippen LogP contribution in [0, 0.1) is 6.92 Å². The molecule has 1 N–H and O–H groups in total. The van der Waals surface area contributed by atoms with Gasteiger partial charge in [-0.05, 0) is 55.5 Å². The van der Waals surface area contributed by atoms with Crippen LogP contribution in [0.2, 0.25) is 10.0 Å². The number of rotatable bonds is 6. The average Bonchev–Trinajstić information content (AvgIpc) is 3.08. The molecule has 186 valence electrons. The van der Waals surface area contributed by atoms with E-state index in [1.54, 1.807) is 55.1 Å². The van der Waals surface area contributed by atoms with Gasteiger partial charge in [-0.2, -0.15) is 0 Å². The summed E-state index contributed by atoms with van der Waals surface area (Å²) < 4.78 is 31.0. The molecule has 4 aromatic rings. The highest BCUT2D eigenvalue weighted by Crippen LogP contribution is 2.27. The first-order chi connectivity index (χ1) is 17.0. The number of anilines is 2. The van der Waals surface area contributed by atoms with Crippen LogP contribution in [0.4, 0.5) is 11.4 Å². The third-order valence-electron chi connectivity index (χ3n) is 5.77. The van der Waals surface area contributed by atoms with E-state index in [2.05, 4.69) is 5.32 Å². The predicted molar refractivity (Wildman–Crippen MR) is 142 cm³/mol. The molecule has 11 heteroatoms. The monoisotopic (exact) mass is 544 g/mol. The van der Waals surface area contributed by atoms with Gasteiger partial charge in [0.15, 0.2) is 0 Å². The number of hydrogen-bond donors (Lipinski definition) is 1. The number of amides is 1. The van der Waals surface area contributed by atoms with Gasteiger partial charge >= 0.3 is 0 Å². The molecule has 36 heavy (non-hydrogen) atoms. The first-order valence-electron chi connectivity index (χ1n) is 10.7. The molecule has 0 saturated carbocycles. The van der Waals surface area contributed by atoms with E-state index in [0.717, 1.165) is 4.31 Å². The van der Waals surface area contributed by atoms with Crippen LogP contribution in [-0.2, 0) is 17.1 Å². The third kappa shape index (κ3) is 4.65. The number of para-hydroxylation sites is 1. The van der Waals surface area contributed by atoms with Crippen molar-refractivity contribution in [2.45, 2.75) is 11.8 Å². The van der Waals surface area contributed by atoms with Crippen molar-refractivity contribution in [3.8, 4) is 5.69 Å². The smallest absolute Gasteiger partial charge is 0.296 e. The summed E-state index contributed by atoms with van der Waals surface area (Å²) >= 11 is 12.0. The molecular weight excluding hydrogens is 523 g/mol. The van der Waals surface area contributed by atoms with E-state index in [0.29, 0.717) is 22.1 Å². The average molecular weight is 545 g/mol. The fourth-order valence-corrected chi connectivity index (χ4v) is 5.53. The molecule has 0 atom stereocenters. The van der Waals surface area contributed by atoms with Gasteiger partial charge in [-0.25, -0.2) is 13.1 Å². The molecule has 0 radical (unpaired) electrons. The Morgan fingerprint density at radius 1 is 0.972 bits per heavy atom. The number of hydrogen-bond acceptors (Lipinski definition) is 4. The van der Waals surface area contributed by atoms with Crippen LogP contribution in [0.15, 0.2) is 82.5 Å². The first kappa shape index (κ1) is 25.6. The number of benzene rings is 3. The van der Waals surface area contributed by atoms with Crippen LogP contribution in [-0.4, -0.2) is 30.7 Å². The van der Waals surface area contributed by atoms with E-state index >= 15 is 0 Å². The molecule has 0 aliphatic heterocycles. The summed E-state index contributed by atoms with van der Waals surface area (Å²) in [5, 5.41) is 3.30. The molecule has 0 aliphatic carbocycles. The second-order valence-electron chi connectivity index (χ2n) is 7.99. The number of nitrogens with one attached hydrogen (secondary N) is 1. The SMILES string of the molecule is Cc1c(N(C)S(=O)(=O)c2cccc(C(=O)Nc3ccc(Cl)cc3Cl)c2)c(=O)n(-c2ccccc2)n1C. The Balaban J connectivity index is 1.69. The van der Waals surface area contributed by atoms with Crippen molar-refractivity contribution in [2.75, 3.05) is 16.7 Å². The van der Waals surface area contributed by atoms with Crippen molar-refractivity contribution < 1.29 is 13.2 Å². The van der Waals surface area contributed by atoms with Gasteiger partial charge in [-0.3, -0.25) is 18.6 Å². The minimum Gasteiger partial charge on any atom is -0.321 e. The number of nitrogens with zero attached hydrogens (tertiary/aromatic N) is 3. The molecule has 0 saturated heterocycles. The summed E-state index contributed by atoms with van der Waals surface area (Å²) in [7, 11) is -1.19. The Morgan fingerprint density at radius 2 is 1.67 bits per heavy atom. The first-order valence-corrected chi connectivity index (χ1v) is 12.9. The van der Waals surface area contributed by atoms with Crippen LogP contribution in [0.1, 0.15) is 16.1 Å². The summed E-state index contributed by atoms with van der Waals surface area (Å²) in [6, 6.07) is 19.1. The van der Waals surface area contributed by atoms with Gasteiger partial charge < -0.3 is 5.32 Å². The van der Waals surface area contributed by atoms with E-state index in [-0.39, 0.29) is 21.2 Å². The van der Waals surface area contributed by atoms with Crippen LogP contribution < -0.4 is 15.2 Å². The number of carbonyl (C=O) groups is 1. The number of carbonyl (C=O) groups excluding carboxylic acids is 1. The van der Waals surface area contributed by atoms with Crippen LogP contribution >= 0.6 is 23.2 Å². The molecular formula is C25H22Cl2N4O4S. The number of halogens is 2. The van der Waals surface area contributed by atoms with E-state index < -0.39 is 21.5 Å². The molecule has 1 heterocycles. The normalized spacial score (nSPS) is 11.4. The molecule has 0 bridgehead atoms. The predicted octanol–water partition coefficient (Wildman–Crippen LogP) is 4.87. The summed E-state index contributed by atoms with van der Waals surface area (Å²) in [4.78, 5) is 26.0. The van der Waals surface area contributed by atoms with Gasteiger partial charge in [0.05, 0.1) is 27.0 Å². The standard InChI is InChI=1S/C25H22Cl2N4O4S/c1-16-23(25(33)31(29(16)2)19-9-5-4-6-10-19)30(3)36(34,35)20-11-7-8-17(14-20)24(32)28-22-13-12-18(26)15-21(22)27/h4-15H,1-3H3,(H,28,32). The summed E-state index contributed by atoms with van der Waals surface area (Å²) in [5.74, 6) is -0.554. The summed E-state index contributed by atoms with van der Waals surface area (Å²) in [6.45, 7) is 1.67. The fraction of sp³-hybridized carbons (Fsp3) is 0.120. The van der Waals surface area contributed by atoms with Gasteiger partial charge in [0, 0.05) is 24.7 Å². The molecule has 1 aromatic heterocycles. The maximum absolute atomic E-state index is 13.5. The van der Waals surface area contributed by atoms with Gasteiger partial charge in [-0.15, -0.1) is 0 Å². The molecule has 0 spiro atoms. The fourth-order valence-electron chi connectivity index (χ4n) is 3.78. The molecule has 0 fully saturated rings. The van der Waals surface area contributed by atoms with Crippen molar-refractivity contribution >= 4 is 50.5 Å². The second-order valence-corrected chi connectivity index (χ2v) is 10.8. The van der Waals surface area contributed by atoms with Crippen LogP contribution in [0.5, 0.6) is 0 Å². The van der Waals surface area contributed by atoms with Crippen molar-refractivity contribution in [3.05, 3.63) is 104 Å². The lowest BCUT2D eigenvalue weighted by molar-refractivity contribution is 0.102. The Morgan fingerprint density at radius 3 is 2.33 bits per heavy atom. The van der Waals surface area contributed by atoms with Gasteiger partial charge in [-0.1, -0.05) is 47.5 Å². The molecule has 8 nitrogen and oxygen atoms in total. The minimum atomic E-state index is -4.18. The molecule has 0 unspecified atom stereocenters. The van der Waals surface area contributed by atoms with Crippen molar-refractivity contribution in [2.24, 2.45) is 7.05 Å². The maximum Gasteiger partial charge on any atom is 0.296 e. The zero-order chi connectivity index (χ0) is 26.2. The zero-order valence-corrected chi connectivity index (χ0v) is 21.9. The molecule has 0 aliphatic rings. The summed E-state index contributed by atoms with van der Waals surface area (Å²) in [6.07, 6.45) is 0. The lowest BCUT2D eigenvalue weighted by Crippen LogP contribution is -2.32. The lowest BCUT2D eigenvalue weighted by Gasteiger charge is -2.18. The highest BCUT2D eigenvalue weighted by Gasteiger charge is 2.29. The van der Waals surface area contributed by atoms with Gasteiger partial charge in [0.1, 0.15) is 5.69 Å². The van der Waals surface area contributed by atoms with E-state index in [1.807, 2.05) is 6.07 Å². The number of sulfonamides is 1. The molecule has 4 rings (SSSR count). The Hall–Kier alpha value is -3.53. The lowest BCUT2D eigenvalue weighted by atomic mass is 10.2. The Kier molecular flexibility index (Phi) is 6.99. The van der Waals surface area contributed by atoms with Crippen molar-refractivity contribution in [1.82, 2.24) is 9.36 Å². The summed E-state index contributed by atoms with van der Waals surface area (Å²) in [5.41, 5.74) is 1.01.